The van der Waals surface area contributed by atoms with E-state index in [1.807, 2.05) is 0 Å². The molecule has 3 aromatic rings. The van der Waals surface area contributed by atoms with Crippen LogP contribution < -0.4 is 26.1 Å². The lowest BCUT2D eigenvalue weighted by atomic mass is 10.0. The zero-order chi connectivity index (χ0) is 24.2. The van der Waals surface area contributed by atoms with Crippen LogP contribution >= 0.6 is 0 Å². The number of hydrogen-bond acceptors (Lipinski definition) is 8. The number of benzene rings is 1. The highest BCUT2D eigenvalue weighted by molar-refractivity contribution is 5.82. The van der Waals surface area contributed by atoms with Crippen LogP contribution in [0.2, 0.25) is 0 Å². The molecular weight excluding hydrogens is 441 g/mol. The summed E-state index contributed by atoms with van der Waals surface area (Å²) in [4.78, 5) is 21.8. The number of anilines is 1. The predicted molar refractivity (Wildman–Crippen MR) is 128 cm³/mol. The molecule has 0 spiro atoms. The maximum absolute atomic E-state index is 14.9. The molecule has 3 heterocycles. The van der Waals surface area contributed by atoms with E-state index in [0.717, 1.165) is 0 Å². The molecule has 1 saturated carbocycles. The van der Waals surface area contributed by atoms with E-state index in [-0.39, 0.29) is 29.0 Å². The van der Waals surface area contributed by atoms with E-state index in [0.29, 0.717) is 35.9 Å². The van der Waals surface area contributed by atoms with Crippen LogP contribution in [0.4, 0.5) is 10.3 Å². The minimum Gasteiger partial charge on any atom is -0.497 e. The second-order valence-corrected chi connectivity index (χ2v) is 8.45. The van der Waals surface area contributed by atoms with Crippen molar-refractivity contribution in [3.63, 3.8) is 0 Å². The smallest absolute Gasteiger partial charge is 0.259 e. The minimum atomic E-state index is -0.649. The summed E-state index contributed by atoms with van der Waals surface area (Å²) in [5.74, 6) is 0.0448. The number of nitrogens with zero attached hydrogens (tertiary/aromatic N) is 3. The Morgan fingerprint density at radius 2 is 1.85 bits per heavy atom. The van der Waals surface area contributed by atoms with Crippen LogP contribution in [0.15, 0.2) is 29.2 Å². The lowest BCUT2D eigenvalue weighted by molar-refractivity contribution is 0.192. The number of aryl methyl sites for hydroxylation is 1. The van der Waals surface area contributed by atoms with Crippen molar-refractivity contribution in [2.75, 3.05) is 32.8 Å². The second kappa shape index (κ2) is 10.4. The van der Waals surface area contributed by atoms with Gasteiger partial charge in [0.05, 0.1) is 45.1 Å². The number of nitrogens with two attached hydrogens (primary N) is 1. The third-order valence-corrected chi connectivity index (χ3v) is 6.15. The Balaban J connectivity index is 0.000000620. The van der Waals surface area contributed by atoms with E-state index in [2.05, 4.69) is 15.3 Å². The van der Waals surface area contributed by atoms with Crippen molar-refractivity contribution in [1.82, 2.24) is 14.5 Å². The molecule has 1 aromatic carbocycles. The highest BCUT2D eigenvalue weighted by Crippen LogP contribution is 2.33. The zero-order valence-electron chi connectivity index (χ0n) is 19.6. The molecule has 2 fully saturated rings. The number of rotatable bonds is 5. The number of ether oxygens (including phenoxy) is 3. The van der Waals surface area contributed by atoms with Crippen molar-refractivity contribution in [2.45, 2.75) is 37.8 Å². The number of fused-ring (bicyclic) bond motifs is 1. The van der Waals surface area contributed by atoms with Crippen LogP contribution in [-0.4, -0.2) is 54.1 Å². The van der Waals surface area contributed by atoms with Crippen molar-refractivity contribution in [2.24, 2.45) is 12.8 Å². The average molecular weight is 472 g/mol. The normalized spacial score (nSPS) is 19.2. The molecule has 0 radical (unpaired) electrons. The number of pyridine rings is 1. The summed E-state index contributed by atoms with van der Waals surface area (Å²) in [6, 6.07) is 4.16. The molecule has 3 N–H and O–H groups in total. The molecule has 2 aromatic heterocycles. The topological polar surface area (TPSA) is 114 Å². The standard InChI is InChI=1S/C20H22FN5O4.C4H8/c1-26-18-10(7-23-20(25-18)24-15-9-30-8-14(15)22)4-13(19(26)27)12-5-11(28-2)6-16(29-3)17(12)21;1-2-4-3-1/h4-7,14-15H,8-9,22H2,1-3H3,(H,23,24,25);1-4H2. The van der Waals surface area contributed by atoms with Crippen LogP contribution in [0.1, 0.15) is 25.7 Å². The molecule has 1 aliphatic heterocycles. The van der Waals surface area contributed by atoms with E-state index in [9.17, 15) is 9.18 Å². The average Bonchev–Trinajstić information content (AvgIpc) is 3.20. The fraction of sp³-hybridized carbons (Fsp3) is 0.458. The summed E-state index contributed by atoms with van der Waals surface area (Å²) in [7, 11) is 4.38. The highest BCUT2D eigenvalue weighted by atomic mass is 19.1. The maximum Gasteiger partial charge on any atom is 0.259 e. The number of aromatic nitrogens is 3. The Morgan fingerprint density at radius 3 is 2.44 bits per heavy atom. The third kappa shape index (κ3) is 4.83. The monoisotopic (exact) mass is 471 g/mol. The summed E-state index contributed by atoms with van der Waals surface area (Å²) < 4.78 is 31.9. The molecule has 5 rings (SSSR count). The van der Waals surface area contributed by atoms with E-state index < -0.39 is 11.4 Å². The van der Waals surface area contributed by atoms with Crippen LogP contribution in [-0.2, 0) is 11.8 Å². The van der Waals surface area contributed by atoms with E-state index in [1.165, 1.54) is 56.6 Å². The number of hydrogen-bond donors (Lipinski definition) is 2. The van der Waals surface area contributed by atoms with Crippen molar-refractivity contribution in [3.05, 3.63) is 40.6 Å². The number of nitrogens with one attached hydrogen (secondary N) is 1. The zero-order valence-corrected chi connectivity index (χ0v) is 19.6. The quantitative estimate of drug-likeness (QED) is 0.584. The molecule has 10 heteroatoms. The van der Waals surface area contributed by atoms with Gasteiger partial charge in [-0.2, -0.15) is 4.98 Å². The van der Waals surface area contributed by atoms with Crippen LogP contribution in [0, 0.1) is 5.82 Å². The summed E-state index contributed by atoms with van der Waals surface area (Å²) in [5.41, 5.74) is 6.20. The van der Waals surface area contributed by atoms with Crippen molar-refractivity contribution < 1.29 is 18.6 Å². The fourth-order valence-corrected chi connectivity index (χ4v) is 3.68. The SMILES string of the molecule is C1CCC1.COc1cc(OC)c(F)c(-c2cc3cnc(NC4COCC4N)nc3n(C)c2=O)c1. The van der Waals surface area contributed by atoms with Gasteiger partial charge in [-0.1, -0.05) is 25.7 Å². The largest absolute Gasteiger partial charge is 0.497 e. The Morgan fingerprint density at radius 1 is 1.12 bits per heavy atom. The summed E-state index contributed by atoms with van der Waals surface area (Å²) in [5, 5.41) is 3.71. The van der Waals surface area contributed by atoms with Gasteiger partial charge in [0.2, 0.25) is 5.95 Å². The van der Waals surface area contributed by atoms with Gasteiger partial charge < -0.3 is 25.3 Å². The van der Waals surface area contributed by atoms with Gasteiger partial charge in [0.25, 0.3) is 5.56 Å². The minimum absolute atomic E-state index is 0.0163. The first-order valence-corrected chi connectivity index (χ1v) is 11.3. The van der Waals surface area contributed by atoms with Gasteiger partial charge in [-0.3, -0.25) is 9.36 Å². The third-order valence-electron chi connectivity index (χ3n) is 6.15. The summed E-state index contributed by atoms with van der Waals surface area (Å²) in [6.45, 7) is 0.917. The highest BCUT2D eigenvalue weighted by Gasteiger charge is 2.25. The molecule has 0 bridgehead atoms. The number of halogens is 1. The molecule has 1 saturated heterocycles. The molecule has 182 valence electrons. The second-order valence-electron chi connectivity index (χ2n) is 8.45. The van der Waals surface area contributed by atoms with Gasteiger partial charge in [0.1, 0.15) is 11.4 Å². The molecule has 2 unspecified atom stereocenters. The molecule has 2 aliphatic rings. The molecule has 2 atom stereocenters. The number of methoxy groups -OCH3 is 2. The van der Waals surface area contributed by atoms with E-state index in [4.69, 9.17) is 19.9 Å². The Hall–Kier alpha value is -3.24. The lowest BCUT2D eigenvalue weighted by Gasteiger charge is -2.16. The first-order chi connectivity index (χ1) is 16.4. The lowest BCUT2D eigenvalue weighted by Crippen LogP contribution is -2.39. The van der Waals surface area contributed by atoms with Gasteiger partial charge >= 0.3 is 0 Å². The molecular formula is C24H30FN5O4. The van der Waals surface area contributed by atoms with Gasteiger partial charge in [-0.15, -0.1) is 0 Å². The van der Waals surface area contributed by atoms with Crippen molar-refractivity contribution >= 4 is 17.0 Å². The molecule has 1 aliphatic carbocycles. The van der Waals surface area contributed by atoms with Crippen LogP contribution in [0.3, 0.4) is 0 Å². The Bertz CT molecular complexity index is 1220. The van der Waals surface area contributed by atoms with Crippen molar-refractivity contribution in [1.29, 1.82) is 0 Å². The maximum atomic E-state index is 14.9. The molecule has 0 amide bonds. The summed E-state index contributed by atoms with van der Waals surface area (Å²) >= 11 is 0. The first-order valence-electron chi connectivity index (χ1n) is 11.3. The van der Waals surface area contributed by atoms with Gasteiger partial charge in [-0.25, -0.2) is 9.37 Å². The molecule has 9 nitrogen and oxygen atoms in total. The van der Waals surface area contributed by atoms with Gasteiger partial charge in [0.15, 0.2) is 11.6 Å². The van der Waals surface area contributed by atoms with Crippen LogP contribution in [0.25, 0.3) is 22.2 Å². The first kappa shape index (κ1) is 23.9. The Labute approximate surface area is 197 Å². The van der Waals surface area contributed by atoms with Crippen LogP contribution in [0.5, 0.6) is 11.5 Å². The summed E-state index contributed by atoms with van der Waals surface area (Å²) in [6.07, 6.45) is 7.57. The predicted octanol–water partition coefficient (Wildman–Crippen LogP) is 2.85. The van der Waals surface area contributed by atoms with Gasteiger partial charge in [0, 0.05) is 30.3 Å². The van der Waals surface area contributed by atoms with E-state index in [1.54, 1.807) is 19.3 Å². The van der Waals surface area contributed by atoms with Crippen molar-refractivity contribution in [3.8, 4) is 22.6 Å². The van der Waals surface area contributed by atoms with Gasteiger partial charge in [-0.05, 0) is 12.1 Å². The fourth-order valence-electron chi connectivity index (χ4n) is 3.68. The molecule has 34 heavy (non-hydrogen) atoms. The van der Waals surface area contributed by atoms with E-state index >= 15 is 0 Å². The Kier molecular flexibility index (Phi) is 7.28.